The summed E-state index contributed by atoms with van der Waals surface area (Å²) in [6.07, 6.45) is 9.14. The van der Waals surface area contributed by atoms with Crippen LogP contribution in [0.4, 0.5) is 22.9 Å². The molecule has 4 aromatic rings. The highest BCUT2D eigenvalue weighted by Crippen LogP contribution is 2.37. The molecule has 3 aromatic heterocycles. The smallest absolute Gasteiger partial charge is 0.143 e. The van der Waals surface area contributed by atoms with Crippen LogP contribution in [0.2, 0.25) is 0 Å². The van der Waals surface area contributed by atoms with Crippen LogP contribution in [0.3, 0.4) is 0 Å². The minimum Gasteiger partial charge on any atom is -0.490 e. The summed E-state index contributed by atoms with van der Waals surface area (Å²) >= 11 is 0. The molecule has 1 aliphatic rings. The molecule has 0 aliphatic carbocycles. The van der Waals surface area contributed by atoms with Crippen molar-refractivity contribution in [2.75, 3.05) is 23.0 Å². The number of ether oxygens (including phenoxy) is 1. The van der Waals surface area contributed by atoms with E-state index in [1.54, 1.807) is 12.4 Å². The molecule has 4 heterocycles. The lowest BCUT2D eigenvalue weighted by atomic mass is 10.1. The molecule has 0 spiro atoms. The summed E-state index contributed by atoms with van der Waals surface area (Å²) in [4.78, 5) is 17.8. The van der Waals surface area contributed by atoms with Gasteiger partial charge >= 0.3 is 0 Å². The predicted molar refractivity (Wildman–Crippen MR) is 117 cm³/mol. The number of nitrogens with zero attached hydrogens (tertiary/aromatic N) is 5. The largest absolute Gasteiger partial charge is 0.490 e. The first kappa shape index (κ1) is 18.1. The number of rotatable bonds is 5. The average Bonchev–Trinajstić information content (AvgIpc) is 2.83. The lowest BCUT2D eigenvalue weighted by Gasteiger charge is -2.33. The Morgan fingerprint density at radius 3 is 2.30 bits per heavy atom. The van der Waals surface area contributed by atoms with Gasteiger partial charge in [-0.25, -0.2) is 4.98 Å². The van der Waals surface area contributed by atoms with Crippen LogP contribution in [0.1, 0.15) is 5.56 Å². The van der Waals surface area contributed by atoms with Gasteiger partial charge in [-0.15, -0.1) is 0 Å². The molecule has 6 nitrogen and oxygen atoms in total. The summed E-state index contributed by atoms with van der Waals surface area (Å²) in [5, 5.41) is 0. The van der Waals surface area contributed by atoms with Gasteiger partial charge in [0.05, 0.1) is 42.5 Å². The quantitative estimate of drug-likeness (QED) is 0.486. The number of benzene rings is 1. The van der Waals surface area contributed by atoms with Gasteiger partial charge in [-0.1, -0.05) is 18.2 Å². The van der Waals surface area contributed by atoms with Crippen LogP contribution >= 0.6 is 0 Å². The van der Waals surface area contributed by atoms with Crippen molar-refractivity contribution in [3.05, 3.63) is 97.2 Å². The van der Waals surface area contributed by atoms with Crippen molar-refractivity contribution >= 4 is 22.9 Å². The highest BCUT2D eigenvalue weighted by molar-refractivity contribution is 5.71. The molecule has 1 aromatic carbocycles. The van der Waals surface area contributed by atoms with Gasteiger partial charge in [0.15, 0.2) is 0 Å². The van der Waals surface area contributed by atoms with Crippen LogP contribution < -0.4 is 14.5 Å². The molecule has 0 atom stereocenters. The topological polar surface area (TPSA) is 54.4 Å². The number of aromatic nitrogens is 3. The SMILES string of the molecule is c1cncc(N(Cc2cccnc2N2CCOc3ccccc32)c2cccnc2)c1. The van der Waals surface area contributed by atoms with Crippen molar-refractivity contribution in [2.45, 2.75) is 6.54 Å². The van der Waals surface area contributed by atoms with Crippen LogP contribution in [-0.4, -0.2) is 28.1 Å². The van der Waals surface area contributed by atoms with Crippen LogP contribution in [-0.2, 0) is 6.54 Å². The second-order valence-electron chi connectivity index (χ2n) is 6.96. The lowest BCUT2D eigenvalue weighted by molar-refractivity contribution is 0.313. The maximum atomic E-state index is 5.84. The lowest BCUT2D eigenvalue weighted by Crippen LogP contribution is -2.30. The Hall–Kier alpha value is -3.93. The molecule has 0 unspecified atom stereocenters. The number of para-hydroxylation sites is 2. The van der Waals surface area contributed by atoms with Crippen molar-refractivity contribution < 1.29 is 4.74 Å². The molecule has 1 aliphatic heterocycles. The first-order chi connectivity index (χ1) is 14.9. The fourth-order valence-electron chi connectivity index (χ4n) is 3.72. The molecule has 0 saturated carbocycles. The van der Waals surface area contributed by atoms with Crippen molar-refractivity contribution in [3.63, 3.8) is 0 Å². The van der Waals surface area contributed by atoms with Crippen LogP contribution in [0.25, 0.3) is 0 Å². The van der Waals surface area contributed by atoms with Crippen molar-refractivity contribution in [2.24, 2.45) is 0 Å². The van der Waals surface area contributed by atoms with Gasteiger partial charge in [0.25, 0.3) is 0 Å². The molecule has 0 bridgehead atoms. The molecule has 6 heteroatoms. The Morgan fingerprint density at radius 1 is 0.833 bits per heavy atom. The van der Waals surface area contributed by atoms with Gasteiger partial charge in [0, 0.05) is 24.2 Å². The Labute approximate surface area is 175 Å². The molecular weight excluding hydrogens is 374 g/mol. The Bertz CT molecular complexity index is 1080. The second-order valence-corrected chi connectivity index (χ2v) is 6.96. The highest BCUT2D eigenvalue weighted by atomic mass is 16.5. The second kappa shape index (κ2) is 8.21. The Kier molecular flexibility index (Phi) is 4.96. The van der Waals surface area contributed by atoms with Crippen molar-refractivity contribution in [3.8, 4) is 5.75 Å². The van der Waals surface area contributed by atoms with Gasteiger partial charge in [0.1, 0.15) is 18.2 Å². The molecule has 5 rings (SSSR count). The highest BCUT2D eigenvalue weighted by Gasteiger charge is 2.23. The predicted octanol–water partition coefficient (Wildman–Crippen LogP) is 4.74. The number of anilines is 4. The molecule has 0 radical (unpaired) electrons. The van der Waals surface area contributed by atoms with E-state index in [0.717, 1.165) is 40.7 Å². The summed E-state index contributed by atoms with van der Waals surface area (Å²) in [6.45, 7) is 2.02. The maximum absolute atomic E-state index is 5.84. The van der Waals surface area contributed by atoms with Crippen molar-refractivity contribution in [1.29, 1.82) is 0 Å². The third-order valence-electron chi connectivity index (χ3n) is 5.10. The zero-order valence-corrected chi connectivity index (χ0v) is 16.4. The minimum atomic E-state index is 0.627. The molecule has 0 N–H and O–H groups in total. The van der Waals surface area contributed by atoms with E-state index in [0.29, 0.717) is 13.2 Å². The van der Waals surface area contributed by atoms with Gasteiger partial charge < -0.3 is 14.5 Å². The van der Waals surface area contributed by atoms with Crippen LogP contribution in [0, 0.1) is 0 Å². The molecule has 0 saturated heterocycles. The monoisotopic (exact) mass is 395 g/mol. The van der Waals surface area contributed by atoms with Gasteiger partial charge in [0.2, 0.25) is 0 Å². The van der Waals surface area contributed by atoms with Gasteiger partial charge in [-0.05, 0) is 42.5 Å². The fourth-order valence-corrected chi connectivity index (χ4v) is 3.72. The molecule has 30 heavy (non-hydrogen) atoms. The maximum Gasteiger partial charge on any atom is 0.143 e. The summed E-state index contributed by atoms with van der Waals surface area (Å²) in [7, 11) is 0. The van der Waals surface area contributed by atoms with Gasteiger partial charge in [-0.2, -0.15) is 0 Å². The molecular formula is C24H21N5O. The van der Waals surface area contributed by atoms with E-state index >= 15 is 0 Å². The van der Waals surface area contributed by atoms with Crippen LogP contribution in [0.5, 0.6) is 5.75 Å². The minimum absolute atomic E-state index is 0.627. The summed E-state index contributed by atoms with van der Waals surface area (Å²) in [5.41, 5.74) is 4.16. The van der Waals surface area contributed by atoms with E-state index in [2.05, 4.69) is 44.0 Å². The number of hydrogen-bond acceptors (Lipinski definition) is 6. The van der Waals surface area contributed by atoms with Crippen LogP contribution in [0.15, 0.2) is 91.6 Å². The summed E-state index contributed by atoms with van der Waals surface area (Å²) in [5.74, 6) is 1.82. The van der Waals surface area contributed by atoms with E-state index in [-0.39, 0.29) is 0 Å². The van der Waals surface area contributed by atoms with E-state index < -0.39 is 0 Å². The molecule has 148 valence electrons. The first-order valence-corrected chi connectivity index (χ1v) is 9.91. The van der Waals surface area contributed by atoms with Crippen molar-refractivity contribution in [1.82, 2.24) is 15.0 Å². The van der Waals surface area contributed by atoms with E-state index in [1.807, 2.05) is 55.0 Å². The number of fused-ring (bicyclic) bond motifs is 1. The zero-order valence-electron chi connectivity index (χ0n) is 16.4. The van der Waals surface area contributed by atoms with Gasteiger partial charge in [-0.3, -0.25) is 9.97 Å². The normalized spacial score (nSPS) is 12.7. The fraction of sp³-hybridized carbons (Fsp3) is 0.125. The standard InChI is InChI=1S/C24H21N5O/c1-2-10-23-22(9-1)28(14-15-30-23)24-19(6-3-13-27-24)18-29(20-7-4-11-25-16-20)21-8-5-12-26-17-21/h1-13,16-17H,14-15,18H2. The number of hydrogen-bond donors (Lipinski definition) is 0. The summed E-state index contributed by atoms with van der Waals surface area (Å²) in [6, 6.07) is 20.2. The number of pyridine rings is 3. The first-order valence-electron chi connectivity index (χ1n) is 9.91. The molecule has 0 amide bonds. The average molecular weight is 395 g/mol. The Balaban J connectivity index is 1.55. The Morgan fingerprint density at radius 2 is 1.57 bits per heavy atom. The van der Waals surface area contributed by atoms with E-state index in [4.69, 9.17) is 9.72 Å². The molecule has 0 fully saturated rings. The third-order valence-corrected chi connectivity index (χ3v) is 5.10. The summed E-state index contributed by atoms with van der Waals surface area (Å²) < 4.78 is 5.84. The zero-order chi connectivity index (χ0) is 20.2. The van der Waals surface area contributed by atoms with E-state index in [1.165, 1.54) is 0 Å². The van der Waals surface area contributed by atoms with E-state index in [9.17, 15) is 0 Å². The third kappa shape index (κ3) is 3.55.